The van der Waals surface area contributed by atoms with Crippen molar-refractivity contribution in [1.29, 1.82) is 0 Å². The number of rotatable bonds is 2. The lowest BCUT2D eigenvalue weighted by Gasteiger charge is -2.03. The van der Waals surface area contributed by atoms with Gasteiger partial charge < -0.3 is 10.7 Å². The van der Waals surface area contributed by atoms with Gasteiger partial charge in [-0.1, -0.05) is 0 Å². The number of hydrogen-bond donors (Lipinski definition) is 2. The molecule has 0 aliphatic rings. The largest absolute Gasteiger partial charge is 0.369 e. The maximum Gasteiger partial charge on any atom is 0.224 e. The van der Waals surface area contributed by atoms with Crippen LogP contribution in [0.15, 0.2) is 29.2 Å². The molecular formula is C10H10N4O2S2. The Morgan fingerprint density at radius 2 is 1.83 bits per heavy atom. The molecule has 0 spiro atoms. The highest BCUT2D eigenvalue weighted by Crippen LogP contribution is 2.18. The third kappa shape index (κ3) is 2.71. The summed E-state index contributed by atoms with van der Waals surface area (Å²) in [4.78, 5) is 10.8. The third-order valence-electron chi connectivity index (χ3n) is 2.23. The minimum atomic E-state index is -3.21. The molecular weight excluding hydrogens is 272 g/mol. The quantitative estimate of drug-likeness (QED) is 0.802. The van der Waals surface area contributed by atoms with Crippen molar-refractivity contribution in [3.63, 3.8) is 0 Å². The van der Waals surface area contributed by atoms with E-state index in [0.29, 0.717) is 11.4 Å². The molecule has 6 nitrogen and oxygen atoms in total. The second-order valence-electron chi connectivity index (χ2n) is 3.66. The van der Waals surface area contributed by atoms with Gasteiger partial charge >= 0.3 is 0 Å². The first-order chi connectivity index (χ1) is 8.36. The van der Waals surface area contributed by atoms with Crippen LogP contribution in [0.2, 0.25) is 0 Å². The topological polar surface area (TPSA) is 102 Å². The van der Waals surface area contributed by atoms with E-state index < -0.39 is 9.84 Å². The normalized spacial score (nSPS) is 11.4. The van der Waals surface area contributed by atoms with Gasteiger partial charge in [0.2, 0.25) is 10.7 Å². The van der Waals surface area contributed by atoms with E-state index in [0.717, 1.165) is 6.26 Å². The monoisotopic (exact) mass is 282 g/mol. The smallest absolute Gasteiger partial charge is 0.224 e. The van der Waals surface area contributed by atoms with Gasteiger partial charge in [-0.2, -0.15) is 4.98 Å². The molecule has 8 heteroatoms. The Kier molecular flexibility index (Phi) is 3.14. The predicted octanol–water partition coefficient (Wildman–Crippen LogP) is 1.19. The summed E-state index contributed by atoms with van der Waals surface area (Å²) >= 11 is 4.85. The fourth-order valence-electron chi connectivity index (χ4n) is 1.40. The van der Waals surface area contributed by atoms with Crippen molar-refractivity contribution < 1.29 is 8.42 Å². The number of anilines is 1. The van der Waals surface area contributed by atoms with Gasteiger partial charge in [0.25, 0.3) is 0 Å². The van der Waals surface area contributed by atoms with Crippen LogP contribution < -0.4 is 5.73 Å². The van der Waals surface area contributed by atoms with Gasteiger partial charge in [-0.25, -0.2) is 13.4 Å². The fourth-order valence-corrected chi connectivity index (χ4v) is 2.22. The van der Waals surface area contributed by atoms with Crippen LogP contribution in [0.4, 0.5) is 5.95 Å². The van der Waals surface area contributed by atoms with E-state index in [-0.39, 0.29) is 15.6 Å². The number of sulfone groups is 1. The lowest BCUT2D eigenvalue weighted by atomic mass is 10.2. The molecule has 94 valence electrons. The molecule has 0 bridgehead atoms. The number of benzene rings is 1. The molecule has 2 rings (SSSR count). The van der Waals surface area contributed by atoms with Crippen molar-refractivity contribution in [3.05, 3.63) is 29.0 Å². The molecule has 0 unspecified atom stereocenters. The summed E-state index contributed by atoms with van der Waals surface area (Å²) in [5.41, 5.74) is 6.21. The highest BCUT2D eigenvalue weighted by molar-refractivity contribution is 7.90. The summed E-state index contributed by atoms with van der Waals surface area (Å²) in [5, 5.41) is 0. The number of H-pyrrole nitrogens is 1. The number of aromatic amines is 1. The minimum Gasteiger partial charge on any atom is -0.369 e. The van der Waals surface area contributed by atoms with Crippen molar-refractivity contribution in [1.82, 2.24) is 15.0 Å². The van der Waals surface area contributed by atoms with E-state index in [1.54, 1.807) is 12.1 Å². The van der Waals surface area contributed by atoms with Crippen molar-refractivity contribution in [3.8, 4) is 11.4 Å². The van der Waals surface area contributed by atoms with Gasteiger partial charge in [0, 0.05) is 11.8 Å². The van der Waals surface area contributed by atoms with Crippen LogP contribution in [0.1, 0.15) is 0 Å². The molecule has 0 radical (unpaired) electrons. The molecule has 2 aromatic rings. The Labute approximate surface area is 109 Å². The van der Waals surface area contributed by atoms with Gasteiger partial charge in [-0.05, 0) is 36.5 Å². The first kappa shape index (κ1) is 12.7. The van der Waals surface area contributed by atoms with Gasteiger partial charge in [-0.3, -0.25) is 0 Å². The SMILES string of the molecule is CS(=O)(=O)c1ccc(-c2nc(=S)nc(N)[nH]2)cc1. The van der Waals surface area contributed by atoms with Crippen molar-refractivity contribution >= 4 is 28.0 Å². The molecule has 0 amide bonds. The Morgan fingerprint density at radius 1 is 1.22 bits per heavy atom. The lowest BCUT2D eigenvalue weighted by Crippen LogP contribution is -2.00. The zero-order chi connectivity index (χ0) is 13.3. The highest BCUT2D eigenvalue weighted by Gasteiger charge is 2.08. The number of nitrogen functional groups attached to an aromatic ring is 1. The summed E-state index contributed by atoms with van der Waals surface area (Å²) in [6, 6.07) is 6.26. The molecule has 0 saturated heterocycles. The van der Waals surface area contributed by atoms with Crippen LogP contribution >= 0.6 is 12.2 Å². The molecule has 3 N–H and O–H groups in total. The summed E-state index contributed by atoms with van der Waals surface area (Å²) in [6.45, 7) is 0. The minimum absolute atomic E-state index is 0.133. The first-order valence-electron chi connectivity index (χ1n) is 4.90. The maximum atomic E-state index is 11.3. The van der Waals surface area contributed by atoms with Crippen LogP contribution in [-0.4, -0.2) is 29.6 Å². The Hall–Kier alpha value is -1.80. The molecule has 0 atom stereocenters. The van der Waals surface area contributed by atoms with Crippen LogP contribution in [0.25, 0.3) is 11.4 Å². The third-order valence-corrected chi connectivity index (χ3v) is 3.54. The van der Waals surface area contributed by atoms with Crippen molar-refractivity contribution in [2.24, 2.45) is 0 Å². The molecule has 0 saturated carbocycles. The zero-order valence-electron chi connectivity index (χ0n) is 9.41. The van der Waals surface area contributed by atoms with Gasteiger partial charge in [0.15, 0.2) is 9.84 Å². The van der Waals surface area contributed by atoms with Crippen LogP contribution in [-0.2, 0) is 9.84 Å². The fraction of sp³-hybridized carbons (Fsp3) is 0.100. The van der Waals surface area contributed by atoms with E-state index in [4.69, 9.17) is 18.0 Å². The van der Waals surface area contributed by atoms with E-state index in [2.05, 4.69) is 15.0 Å². The highest BCUT2D eigenvalue weighted by atomic mass is 32.2. The molecule has 18 heavy (non-hydrogen) atoms. The van der Waals surface area contributed by atoms with E-state index in [9.17, 15) is 8.42 Å². The van der Waals surface area contributed by atoms with Gasteiger partial charge in [0.05, 0.1) is 4.90 Å². The Balaban J connectivity index is 2.50. The zero-order valence-corrected chi connectivity index (χ0v) is 11.0. The Morgan fingerprint density at radius 3 is 2.33 bits per heavy atom. The summed E-state index contributed by atoms with van der Waals surface area (Å²) in [7, 11) is -3.21. The first-order valence-corrected chi connectivity index (χ1v) is 7.20. The van der Waals surface area contributed by atoms with Crippen molar-refractivity contribution in [2.45, 2.75) is 4.90 Å². The van der Waals surface area contributed by atoms with Crippen LogP contribution in [0.5, 0.6) is 0 Å². The second-order valence-corrected chi connectivity index (χ2v) is 6.04. The number of nitrogens with two attached hydrogens (primary N) is 1. The summed E-state index contributed by atoms with van der Waals surface area (Å²) < 4.78 is 22.8. The summed E-state index contributed by atoms with van der Waals surface area (Å²) in [5.74, 6) is 0.616. The Bertz CT molecular complexity index is 735. The summed E-state index contributed by atoms with van der Waals surface area (Å²) in [6.07, 6.45) is 1.15. The number of nitrogens with one attached hydrogen (secondary N) is 1. The van der Waals surface area contributed by atoms with E-state index in [1.807, 2.05) is 0 Å². The molecule has 1 heterocycles. The molecule has 1 aromatic carbocycles. The van der Waals surface area contributed by atoms with Gasteiger partial charge in [0.1, 0.15) is 5.82 Å². The standard InChI is InChI=1S/C10H10N4O2S2/c1-18(15,16)7-4-2-6(3-5-7)8-12-9(11)14-10(17)13-8/h2-5H,1H3,(H3,11,12,13,14,17). The molecule has 1 aromatic heterocycles. The van der Waals surface area contributed by atoms with Crippen LogP contribution in [0.3, 0.4) is 0 Å². The van der Waals surface area contributed by atoms with E-state index >= 15 is 0 Å². The average Bonchev–Trinajstić information content (AvgIpc) is 2.27. The lowest BCUT2D eigenvalue weighted by molar-refractivity contribution is 0.602. The maximum absolute atomic E-state index is 11.3. The van der Waals surface area contributed by atoms with E-state index in [1.165, 1.54) is 12.1 Å². The van der Waals surface area contributed by atoms with Crippen molar-refractivity contribution in [2.75, 3.05) is 12.0 Å². The number of nitrogens with zero attached hydrogens (tertiary/aromatic N) is 2. The molecule has 0 fully saturated rings. The molecule has 0 aliphatic heterocycles. The average molecular weight is 282 g/mol. The molecule has 0 aliphatic carbocycles. The predicted molar refractivity (Wildman–Crippen MR) is 70.2 cm³/mol. The number of aromatic nitrogens is 3. The van der Waals surface area contributed by atoms with Gasteiger partial charge in [-0.15, -0.1) is 0 Å². The number of hydrogen-bond acceptors (Lipinski definition) is 6. The second kappa shape index (κ2) is 4.46. The van der Waals surface area contributed by atoms with Crippen LogP contribution in [0, 0.1) is 4.77 Å².